The molecule has 12 nitrogen and oxygen atoms in total. The average Bonchev–Trinajstić information content (AvgIpc) is 3.81. The molecule has 0 aromatic heterocycles. The molecule has 5 rings (SSSR count). The maximum atomic E-state index is 14.1. The first kappa shape index (κ1) is 39.0. The minimum absolute atomic E-state index is 0.0508. The van der Waals surface area contributed by atoms with Gasteiger partial charge in [0.05, 0.1) is 30.9 Å². The second kappa shape index (κ2) is 16.2. The highest BCUT2D eigenvalue weighted by molar-refractivity contribution is 5.92. The largest absolute Gasteiger partial charge is 0.466 e. The molecular weight excluding hydrogens is 678 g/mol. The van der Waals surface area contributed by atoms with E-state index >= 15 is 0 Å². The number of amides is 3. The fraction of sp³-hybridized carbons (Fsp3) is 0.439. The van der Waals surface area contributed by atoms with Gasteiger partial charge in [-0.05, 0) is 58.2 Å². The van der Waals surface area contributed by atoms with E-state index < -0.39 is 64.5 Å². The Morgan fingerprint density at radius 2 is 1.36 bits per heavy atom. The average molecular weight is 728 g/mol. The van der Waals surface area contributed by atoms with Crippen molar-refractivity contribution in [1.29, 1.82) is 0 Å². The molecule has 0 radical (unpaired) electrons. The fourth-order valence-electron chi connectivity index (χ4n) is 7.65. The van der Waals surface area contributed by atoms with Crippen LogP contribution in [0.5, 0.6) is 0 Å². The van der Waals surface area contributed by atoms with Crippen LogP contribution >= 0.6 is 0 Å². The number of ether oxygens (including phenoxy) is 3. The lowest BCUT2D eigenvalue weighted by Crippen LogP contribution is -2.57. The molecule has 2 saturated carbocycles. The van der Waals surface area contributed by atoms with Crippen molar-refractivity contribution < 1.29 is 43.3 Å². The van der Waals surface area contributed by atoms with Crippen LogP contribution in [0.4, 0.5) is 10.5 Å². The van der Waals surface area contributed by atoms with Crippen LogP contribution in [0.1, 0.15) is 77.0 Å². The minimum atomic E-state index is -1.59. The lowest BCUT2D eigenvalue weighted by molar-refractivity contribution is -0.156. The minimum Gasteiger partial charge on any atom is -0.466 e. The van der Waals surface area contributed by atoms with Crippen LogP contribution in [0.15, 0.2) is 84.9 Å². The van der Waals surface area contributed by atoms with Crippen molar-refractivity contribution >= 4 is 35.5 Å². The molecule has 0 unspecified atom stereocenters. The number of anilines is 1. The first-order valence-corrected chi connectivity index (χ1v) is 18.1. The standard InChI is InChI=1S/C41H49N3O9/c1-6-51-36(48)34-33-30(45)25-40(35(33)34,37(49)52-7-2)43-31(46)23-16-24-32(47)44-41(26-17-10-8-11-18-26,27-19-12-9-13-20-27)28-21-14-15-22-29(28)42-38(50)53-39(3,4)5/h8-15,17-22,30,33-35,45H,6-7,16,23-25H2,1-5H3,(H,42,50)(H,43,46)(H,44,47)/t30-,33-,34-,35-,40-/m0/s1. The summed E-state index contributed by atoms with van der Waals surface area (Å²) in [7, 11) is 0. The highest BCUT2D eigenvalue weighted by Gasteiger charge is 2.76. The summed E-state index contributed by atoms with van der Waals surface area (Å²) in [6.07, 6.45) is -1.81. The smallest absolute Gasteiger partial charge is 0.412 e. The van der Waals surface area contributed by atoms with Crippen LogP contribution in [0.2, 0.25) is 0 Å². The van der Waals surface area contributed by atoms with Gasteiger partial charge in [-0.1, -0.05) is 78.9 Å². The lowest BCUT2D eigenvalue weighted by Gasteiger charge is -2.38. The summed E-state index contributed by atoms with van der Waals surface area (Å²) < 4.78 is 16.1. The van der Waals surface area contributed by atoms with E-state index in [0.29, 0.717) is 11.3 Å². The van der Waals surface area contributed by atoms with E-state index in [-0.39, 0.29) is 44.8 Å². The van der Waals surface area contributed by atoms with E-state index in [1.807, 2.05) is 72.8 Å². The molecule has 53 heavy (non-hydrogen) atoms. The molecule has 2 aliphatic rings. The van der Waals surface area contributed by atoms with Crippen LogP contribution in [0, 0.1) is 17.8 Å². The summed E-state index contributed by atoms with van der Waals surface area (Å²) in [5, 5.41) is 19.7. The van der Waals surface area contributed by atoms with Gasteiger partial charge in [-0.2, -0.15) is 0 Å². The molecule has 0 spiro atoms. The summed E-state index contributed by atoms with van der Waals surface area (Å²) in [5.74, 6) is -4.04. The number of rotatable bonds is 14. The molecule has 4 N–H and O–H groups in total. The maximum Gasteiger partial charge on any atom is 0.412 e. The Morgan fingerprint density at radius 1 is 0.792 bits per heavy atom. The van der Waals surface area contributed by atoms with Crippen LogP contribution < -0.4 is 16.0 Å². The number of fused-ring (bicyclic) bond motifs is 1. The number of nitrogens with one attached hydrogen (secondary N) is 3. The number of benzene rings is 3. The van der Waals surface area contributed by atoms with Gasteiger partial charge in [-0.15, -0.1) is 0 Å². The second-order valence-corrected chi connectivity index (χ2v) is 14.4. The summed E-state index contributed by atoms with van der Waals surface area (Å²) in [6, 6.07) is 26.0. The molecule has 0 aliphatic heterocycles. The quantitative estimate of drug-likeness (QED) is 0.0989. The van der Waals surface area contributed by atoms with Crippen molar-refractivity contribution in [2.24, 2.45) is 17.8 Å². The van der Waals surface area contributed by atoms with Crippen molar-refractivity contribution in [3.63, 3.8) is 0 Å². The van der Waals surface area contributed by atoms with Crippen LogP contribution in [0.25, 0.3) is 0 Å². The SMILES string of the molecule is CCOC(=O)[C@H]1[C@H]2[C@@H]1[C@](NC(=O)CCCC(=O)NC(c1ccccc1)(c1ccccc1)c1ccccc1NC(=O)OC(C)(C)C)(C(=O)OCC)C[C@@H]2O. The van der Waals surface area contributed by atoms with Crippen molar-refractivity contribution in [1.82, 2.24) is 10.6 Å². The summed E-state index contributed by atoms with van der Waals surface area (Å²) >= 11 is 0. The third-order valence-electron chi connectivity index (χ3n) is 9.70. The Hall–Kier alpha value is -5.23. The van der Waals surface area contributed by atoms with Gasteiger partial charge in [0.2, 0.25) is 11.8 Å². The summed E-state index contributed by atoms with van der Waals surface area (Å²) in [5.41, 5.74) is -1.16. The zero-order valence-electron chi connectivity index (χ0n) is 30.8. The highest BCUT2D eigenvalue weighted by Crippen LogP contribution is 2.63. The molecule has 2 aliphatic carbocycles. The molecule has 2 fully saturated rings. The van der Waals surface area contributed by atoms with Gasteiger partial charge in [0.1, 0.15) is 16.7 Å². The number of aliphatic hydroxyl groups is 1. The zero-order chi connectivity index (χ0) is 38.4. The first-order chi connectivity index (χ1) is 25.3. The van der Waals surface area contributed by atoms with E-state index in [0.717, 1.165) is 11.1 Å². The molecule has 0 saturated heterocycles. The predicted molar refractivity (Wildman–Crippen MR) is 196 cm³/mol. The first-order valence-electron chi connectivity index (χ1n) is 18.1. The van der Waals surface area contributed by atoms with E-state index in [2.05, 4.69) is 16.0 Å². The molecular formula is C41H49N3O9. The number of hydrogen-bond donors (Lipinski definition) is 4. The van der Waals surface area contributed by atoms with Crippen LogP contribution in [-0.2, 0) is 38.9 Å². The lowest BCUT2D eigenvalue weighted by atomic mass is 9.76. The third-order valence-corrected chi connectivity index (χ3v) is 9.70. The number of carbonyl (C=O) groups is 5. The molecule has 0 heterocycles. The van der Waals surface area contributed by atoms with Crippen LogP contribution in [-0.4, -0.2) is 65.4 Å². The van der Waals surface area contributed by atoms with Crippen molar-refractivity contribution in [3.8, 4) is 0 Å². The molecule has 3 aromatic rings. The second-order valence-electron chi connectivity index (χ2n) is 14.4. The van der Waals surface area contributed by atoms with Gasteiger partial charge in [-0.25, -0.2) is 9.59 Å². The Labute approximate surface area is 310 Å². The normalized spacial score (nSPS) is 21.8. The molecule has 5 atom stereocenters. The van der Waals surface area contributed by atoms with Crippen LogP contribution in [0.3, 0.4) is 0 Å². The summed E-state index contributed by atoms with van der Waals surface area (Å²) in [6.45, 7) is 8.83. The Kier molecular flexibility index (Phi) is 11.9. The zero-order valence-corrected chi connectivity index (χ0v) is 30.8. The summed E-state index contributed by atoms with van der Waals surface area (Å²) in [4.78, 5) is 66.5. The number of aliphatic hydroxyl groups excluding tert-OH is 1. The van der Waals surface area contributed by atoms with Gasteiger partial charge in [0.25, 0.3) is 0 Å². The predicted octanol–water partition coefficient (Wildman–Crippen LogP) is 5.22. The number of hydrogen-bond acceptors (Lipinski definition) is 9. The van der Waals surface area contributed by atoms with Gasteiger partial charge in [0.15, 0.2) is 0 Å². The van der Waals surface area contributed by atoms with Crippen molar-refractivity contribution in [2.75, 3.05) is 18.5 Å². The Morgan fingerprint density at radius 3 is 1.94 bits per heavy atom. The van der Waals surface area contributed by atoms with Crippen molar-refractivity contribution in [2.45, 2.75) is 83.1 Å². The third kappa shape index (κ3) is 8.38. The topological polar surface area (TPSA) is 169 Å². The molecule has 282 valence electrons. The molecule has 12 heteroatoms. The van der Waals surface area contributed by atoms with E-state index in [9.17, 15) is 29.1 Å². The molecule has 0 bridgehead atoms. The Bertz CT molecular complexity index is 1750. The van der Waals surface area contributed by atoms with Gasteiger partial charge in [0, 0.05) is 36.7 Å². The Balaban J connectivity index is 1.39. The monoisotopic (exact) mass is 727 g/mol. The highest BCUT2D eigenvalue weighted by atomic mass is 16.6. The van der Waals surface area contributed by atoms with Crippen molar-refractivity contribution in [3.05, 3.63) is 102 Å². The van der Waals surface area contributed by atoms with E-state index in [4.69, 9.17) is 14.2 Å². The van der Waals surface area contributed by atoms with Gasteiger partial charge in [-0.3, -0.25) is 19.7 Å². The molecule has 3 aromatic carbocycles. The number of carbonyl (C=O) groups excluding carboxylic acids is 5. The van der Waals surface area contributed by atoms with E-state index in [1.54, 1.807) is 46.8 Å². The molecule has 3 amide bonds. The number of para-hydroxylation sites is 1. The van der Waals surface area contributed by atoms with E-state index in [1.165, 1.54) is 0 Å². The van der Waals surface area contributed by atoms with Gasteiger partial charge < -0.3 is 30.0 Å². The maximum absolute atomic E-state index is 14.1. The number of esters is 2. The van der Waals surface area contributed by atoms with Gasteiger partial charge >= 0.3 is 18.0 Å². The fourth-order valence-corrected chi connectivity index (χ4v) is 7.65.